The van der Waals surface area contributed by atoms with Gasteiger partial charge in [-0.05, 0) is 80.0 Å². The zero-order valence-corrected chi connectivity index (χ0v) is 20.3. The van der Waals surface area contributed by atoms with Crippen molar-refractivity contribution in [3.63, 3.8) is 0 Å². The summed E-state index contributed by atoms with van der Waals surface area (Å²) in [6.45, 7) is 6.42. The second-order valence-corrected chi connectivity index (χ2v) is 10.6. The fraction of sp³-hybridized carbons (Fsp3) is 0.692. The van der Waals surface area contributed by atoms with Gasteiger partial charge in [0.1, 0.15) is 0 Å². The van der Waals surface area contributed by atoms with Crippen molar-refractivity contribution < 1.29 is 18.3 Å². The summed E-state index contributed by atoms with van der Waals surface area (Å²) < 4.78 is 31.6. The third kappa shape index (κ3) is 3.96. The van der Waals surface area contributed by atoms with Crippen LogP contribution in [-0.4, -0.2) is 43.0 Å². The highest BCUT2D eigenvalue weighted by Crippen LogP contribution is 2.62. The number of guanidine groups is 1. The van der Waals surface area contributed by atoms with E-state index in [-0.39, 0.29) is 24.5 Å². The molecule has 1 aromatic carbocycles. The molecule has 2 aliphatic carbocycles. The van der Waals surface area contributed by atoms with Crippen LogP contribution in [0, 0.1) is 18.3 Å². The van der Waals surface area contributed by atoms with Crippen LogP contribution < -0.4 is 5.73 Å². The first-order valence-corrected chi connectivity index (χ1v) is 12.2. The molecule has 1 aliphatic heterocycles. The van der Waals surface area contributed by atoms with E-state index in [4.69, 9.17) is 15.5 Å². The molecule has 33 heavy (non-hydrogen) atoms. The maximum absolute atomic E-state index is 14.1. The maximum Gasteiger partial charge on any atom is 0.262 e. The molecule has 1 saturated carbocycles. The summed E-state index contributed by atoms with van der Waals surface area (Å²) in [6, 6.07) is 4.41. The van der Waals surface area contributed by atoms with Crippen LogP contribution in [-0.2, 0) is 27.9 Å². The summed E-state index contributed by atoms with van der Waals surface area (Å²) in [5.74, 6) is 0.428. The van der Waals surface area contributed by atoms with E-state index in [1.165, 1.54) is 21.6 Å². The number of carbonyl (C=O) groups is 1. The molecule has 182 valence electrons. The van der Waals surface area contributed by atoms with Crippen molar-refractivity contribution in [2.24, 2.45) is 22.1 Å². The standard InChI is InChI=1S/C26H37F2N3O2/c1-16(2)5-6-18-13-17(3)20-15-25(10-7-19(33-4)8-11-25)26(21(20)14-18)23(32)31(24(29)30-26)12-9-22(27)28/h13-14,16,19,22H,5-12,15H2,1-4H3,(H2,29,30). The quantitative estimate of drug-likeness (QED) is 0.639. The lowest BCUT2D eigenvalue weighted by molar-refractivity contribution is -0.138. The van der Waals surface area contributed by atoms with Crippen LogP contribution in [0.3, 0.4) is 0 Å². The number of benzene rings is 1. The van der Waals surface area contributed by atoms with Gasteiger partial charge in [0, 0.05) is 25.5 Å². The molecule has 1 unspecified atom stereocenters. The van der Waals surface area contributed by atoms with Crippen molar-refractivity contribution in [3.05, 3.63) is 34.4 Å². The van der Waals surface area contributed by atoms with Crippen LogP contribution in [0.5, 0.6) is 0 Å². The molecule has 5 nitrogen and oxygen atoms in total. The molecular formula is C26H37F2N3O2. The smallest absolute Gasteiger partial charge is 0.262 e. The second-order valence-electron chi connectivity index (χ2n) is 10.6. The summed E-state index contributed by atoms with van der Waals surface area (Å²) in [5, 5.41) is 0. The molecule has 0 aromatic heterocycles. The van der Waals surface area contributed by atoms with Gasteiger partial charge in [0.2, 0.25) is 6.43 Å². The van der Waals surface area contributed by atoms with Crippen LogP contribution in [0.1, 0.15) is 74.6 Å². The lowest BCUT2D eigenvalue weighted by Crippen LogP contribution is -2.52. The Hall–Kier alpha value is -2.02. The summed E-state index contributed by atoms with van der Waals surface area (Å²) in [4.78, 5) is 20.3. The molecule has 7 heteroatoms. The van der Waals surface area contributed by atoms with Gasteiger partial charge in [-0.3, -0.25) is 9.69 Å². The first kappa shape index (κ1) is 24.1. The molecule has 1 fully saturated rings. The first-order valence-electron chi connectivity index (χ1n) is 12.2. The van der Waals surface area contributed by atoms with Crippen LogP contribution in [0.25, 0.3) is 0 Å². The number of aryl methyl sites for hydroxylation is 2. The number of fused-ring (bicyclic) bond motifs is 3. The number of alkyl halides is 2. The second kappa shape index (κ2) is 8.97. The molecular weight excluding hydrogens is 424 g/mol. The molecule has 4 rings (SSSR count). The lowest BCUT2D eigenvalue weighted by atomic mass is 9.61. The molecule has 0 radical (unpaired) electrons. The SMILES string of the molecule is COC1CCC2(CC1)Cc1c(C)cc(CCC(C)C)cc1C21N=C(N)N(CCC(F)F)C1=O. The van der Waals surface area contributed by atoms with Gasteiger partial charge in [0.15, 0.2) is 11.5 Å². The Labute approximate surface area is 195 Å². The fourth-order valence-corrected chi connectivity index (χ4v) is 6.26. The number of hydrogen-bond acceptors (Lipinski definition) is 4. The highest BCUT2D eigenvalue weighted by molar-refractivity contribution is 6.08. The predicted octanol–water partition coefficient (Wildman–Crippen LogP) is 4.72. The predicted molar refractivity (Wildman–Crippen MR) is 125 cm³/mol. The number of aliphatic imine (C=N–C) groups is 1. The molecule has 0 saturated heterocycles. The average molecular weight is 462 g/mol. The third-order valence-corrected chi connectivity index (χ3v) is 8.12. The van der Waals surface area contributed by atoms with E-state index in [1.807, 2.05) is 0 Å². The number of methoxy groups -OCH3 is 1. The van der Waals surface area contributed by atoms with Crippen LogP contribution in [0.4, 0.5) is 8.78 Å². The Morgan fingerprint density at radius 2 is 1.94 bits per heavy atom. The maximum atomic E-state index is 14.1. The molecule has 1 heterocycles. The molecule has 1 aromatic rings. The van der Waals surface area contributed by atoms with Crippen molar-refractivity contribution >= 4 is 11.9 Å². The number of hydrogen-bond donors (Lipinski definition) is 1. The van der Waals surface area contributed by atoms with Crippen LogP contribution in [0.15, 0.2) is 17.1 Å². The number of ether oxygens (including phenoxy) is 1. The van der Waals surface area contributed by atoms with Crippen molar-refractivity contribution in [2.75, 3.05) is 13.7 Å². The van der Waals surface area contributed by atoms with Gasteiger partial charge in [-0.15, -0.1) is 0 Å². The van der Waals surface area contributed by atoms with E-state index in [0.717, 1.165) is 50.5 Å². The molecule has 0 bridgehead atoms. The van der Waals surface area contributed by atoms with Crippen molar-refractivity contribution in [1.82, 2.24) is 4.90 Å². The fourth-order valence-electron chi connectivity index (χ4n) is 6.26. The lowest BCUT2D eigenvalue weighted by Gasteiger charge is -2.45. The highest BCUT2D eigenvalue weighted by atomic mass is 19.3. The minimum Gasteiger partial charge on any atom is -0.381 e. The van der Waals surface area contributed by atoms with E-state index in [0.29, 0.717) is 5.92 Å². The van der Waals surface area contributed by atoms with Crippen molar-refractivity contribution in [3.8, 4) is 0 Å². The molecule has 1 atom stereocenters. The van der Waals surface area contributed by atoms with Crippen LogP contribution in [0.2, 0.25) is 0 Å². The van der Waals surface area contributed by atoms with Gasteiger partial charge in [-0.2, -0.15) is 0 Å². The Kier molecular flexibility index (Phi) is 6.56. The van der Waals surface area contributed by atoms with E-state index >= 15 is 0 Å². The van der Waals surface area contributed by atoms with E-state index in [1.54, 1.807) is 7.11 Å². The van der Waals surface area contributed by atoms with Crippen LogP contribution >= 0.6 is 0 Å². The largest absolute Gasteiger partial charge is 0.381 e. The number of nitrogens with zero attached hydrogens (tertiary/aromatic N) is 2. The topological polar surface area (TPSA) is 67.9 Å². The molecule has 2 N–H and O–H groups in total. The summed E-state index contributed by atoms with van der Waals surface area (Å²) >= 11 is 0. The highest BCUT2D eigenvalue weighted by Gasteiger charge is 2.66. The van der Waals surface area contributed by atoms with E-state index in [9.17, 15) is 13.6 Å². The Morgan fingerprint density at radius 1 is 1.24 bits per heavy atom. The average Bonchev–Trinajstić information content (AvgIpc) is 3.18. The third-order valence-electron chi connectivity index (χ3n) is 8.12. The van der Waals surface area contributed by atoms with Gasteiger partial charge in [-0.1, -0.05) is 26.0 Å². The zero-order chi connectivity index (χ0) is 24.0. The van der Waals surface area contributed by atoms with Gasteiger partial charge in [0.25, 0.3) is 5.91 Å². The molecule has 3 aliphatic rings. The monoisotopic (exact) mass is 461 g/mol. The number of amides is 1. The van der Waals surface area contributed by atoms with Gasteiger partial charge >= 0.3 is 0 Å². The zero-order valence-electron chi connectivity index (χ0n) is 20.3. The number of rotatable bonds is 7. The Balaban J connectivity index is 1.81. The minimum absolute atomic E-state index is 0.0759. The number of carbonyl (C=O) groups excluding carboxylic acids is 1. The Morgan fingerprint density at radius 3 is 2.55 bits per heavy atom. The van der Waals surface area contributed by atoms with Crippen molar-refractivity contribution in [2.45, 2.75) is 90.2 Å². The van der Waals surface area contributed by atoms with Gasteiger partial charge in [-0.25, -0.2) is 13.8 Å². The minimum atomic E-state index is -2.49. The number of halogens is 2. The summed E-state index contributed by atoms with van der Waals surface area (Å²) in [7, 11) is 1.73. The Bertz CT molecular complexity index is 938. The number of nitrogens with two attached hydrogens (primary N) is 1. The first-order chi connectivity index (χ1) is 15.6. The summed E-state index contributed by atoms with van der Waals surface area (Å²) in [6.07, 6.45) is 3.34. The molecule has 2 spiro atoms. The van der Waals surface area contributed by atoms with Crippen molar-refractivity contribution in [1.29, 1.82) is 0 Å². The van der Waals surface area contributed by atoms with E-state index in [2.05, 4.69) is 32.9 Å². The molecule has 1 amide bonds. The van der Waals surface area contributed by atoms with E-state index < -0.39 is 23.8 Å². The summed E-state index contributed by atoms with van der Waals surface area (Å²) in [5.41, 5.74) is 9.27. The van der Waals surface area contributed by atoms with Gasteiger partial charge in [0.05, 0.1) is 6.10 Å². The normalized spacial score (nSPS) is 29.1. The van der Waals surface area contributed by atoms with Gasteiger partial charge < -0.3 is 10.5 Å².